The Morgan fingerprint density at radius 3 is 2.74 bits per heavy atom. The highest BCUT2D eigenvalue weighted by Crippen LogP contribution is 2.40. The van der Waals surface area contributed by atoms with E-state index in [0.29, 0.717) is 0 Å². The van der Waals surface area contributed by atoms with Crippen molar-refractivity contribution in [3.8, 4) is 0 Å². The van der Waals surface area contributed by atoms with E-state index >= 15 is 0 Å². The van der Waals surface area contributed by atoms with Crippen LogP contribution in [0.5, 0.6) is 0 Å². The number of carbonyl (C=O) groups excluding carboxylic acids is 2. The number of halogens is 3. The van der Waals surface area contributed by atoms with Crippen LogP contribution in [0.3, 0.4) is 0 Å². The van der Waals surface area contributed by atoms with Crippen molar-refractivity contribution in [2.24, 2.45) is 0 Å². The van der Waals surface area contributed by atoms with Crippen molar-refractivity contribution in [2.75, 3.05) is 12.9 Å². The van der Waals surface area contributed by atoms with Gasteiger partial charge in [-0.25, -0.2) is 4.79 Å². The summed E-state index contributed by atoms with van der Waals surface area (Å²) in [6.45, 7) is 0. The Labute approximate surface area is 171 Å². The molecule has 2 amide bonds. The molecule has 0 spiro atoms. The molecular weight excluding hydrogens is 447 g/mol. The lowest BCUT2D eigenvalue weighted by Gasteiger charge is -2.48. The zero-order valence-corrected chi connectivity index (χ0v) is 16.5. The number of nitrogens with one attached hydrogen (secondary N) is 1. The van der Waals surface area contributed by atoms with Gasteiger partial charge in [0.05, 0.1) is 19.3 Å². The fourth-order valence-corrected chi connectivity index (χ4v) is 4.10. The molecule has 2 atom stereocenters. The number of carbonyl (C=O) groups is 3. The van der Waals surface area contributed by atoms with Crippen molar-refractivity contribution >= 4 is 64.3 Å². The Morgan fingerprint density at radius 2 is 2.19 bits per heavy atom. The number of amides is 2. The molecule has 27 heavy (non-hydrogen) atoms. The van der Waals surface area contributed by atoms with Gasteiger partial charge in [0.25, 0.3) is 15.6 Å². The quantitative estimate of drug-likeness (QED) is 0.485. The number of hydrogen-bond acceptors (Lipinski definition) is 8. The largest absolute Gasteiger partial charge is 0.498 e. The van der Waals surface area contributed by atoms with E-state index in [9.17, 15) is 19.5 Å². The van der Waals surface area contributed by atoms with Crippen molar-refractivity contribution in [3.63, 3.8) is 0 Å². The minimum atomic E-state index is -1.91. The molecule has 3 rings (SSSR count). The van der Waals surface area contributed by atoms with Crippen LogP contribution in [0.15, 0.2) is 16.0 Å². The summed E-state index contributed by atoms with van der Waals surface area (Å²) in [7, 11) is 1.33. The second-order valence-corrected chi connectivity index (χ2v) is 8.81. The summed E-state index contributed by atoms with van der Waals surface area (Å²) in [6, 6.07) is -0.880. The van der Waals surface area contributed by atoms with Gasteiger partial charge >= 0.3 is 5.97 Å². The minimum absolute atomic E-state index is 0.0264. The molecule has 1 aromatic heterocycles. The number of β-lactam (4-membered cyclic amide) rings is 1. The highest BCUT2D eigenvalue weighted by atomic mass is 35.6. The van der Waals surface area contributed by atoms with Crippen LogP contribution in [0, 0.1) is 0 Å². The number of fused-ring (bicyclic) bond motifs is 1. The summed E-state index contributed by atoms with van der Waals surface area (Å²) in [4.78, 5) is 40.8. The Hall–Kier alpha value is -1.69. The van der Waals surface area contributed by atoms with Gasteiger partial charge in [0, 0.05) is 0 Å². The van der Waals surface area contributed by atoms with Gasteiger partial charge in [0.2, 0.25) is 5.91 Å². The molecule has 146 valence electrons. The van der Waals surface area contributed by atoms with E-state index in [0.717, 1.165) is 4.90 Å². The lowest BCUT2D eigenvalue weighted by molar-refractivity contribution is -0.151. The molecule has 0 radical (unpaired) electrons. The predicted octanol–water partition coefficient (Wildman–Crippen LogP) is 0.781. The molecule has 1 aromatic rings. The summed E-state index contributed by atoms with van der Waals surface area (Å²) in [5.74, 6) is -2.26. The fourth-order valence-electron chi connectivity index (χ4n) is 2.56. The molecule has 2 N–H and O–H groups in total. The van der Waals surface area contributed by atoms with Crippen LogP contribution in [0.25, 0.3) is 0 Å². The summed E-state index contributed by atoms with van der Waals surface area (Å²) in [6.07, 6.45) is -0.309. The first-order chi connectivity index (χ1) is 12.6. The molecule has 3 heterocycles. The van der Waals surface area contributed by atoms with Crippen LogP contribution in [0.2, 0.25) is 0 Å². The molecule has 2 aliphatic heterocycles. The number of rotatable bonds is 5. The van der Waals surface area contributed by atoms with Crippen LogP contribution < -0.4 is 5.32 Å². The molecule has 0 aliphatic carbocycles. The van der Waals surface area contributed by atoms with Crippen LogP contribution in [0.1, 0.15) is 11.7 Å². The standard InChI is InChI=1S/C13H11Cl3N4O6S/c1-25-4-3-27-10-7(9(22)20(10)8(4)11(23)24)18-6(21)2-5-17-12(26-19-5)13(14,15)16/h7,10H,2-3H2,1H3,(H,18,21)(H,23,24)/t7-,10-/m1/s1. The Bertz CT molecular complexity index is 838. The molecule has 0 saturated carbocycles. The van der Waals surface area contributed by atoms with E-state index in [1.165, 1.54) is 18.9 Å². The van der Waals surface area contributed by atoms with E-state index in [2.05, 4.69) is 15.5 Å². The first-order valence-corrected chi connectivity index (χ1v) is 9.46. The summed E-state index contributed by atoms with van der Waals surface area (Å²) >= 11 is 18.1. The number of thioether (sulfide) groups is 1. The molecule has 10 nitrogen and oxygen atoms in total. The highest BCUT2D eigenvalue weighted by Gasteiger charge is 2.54. The molecule has 2 aliphatic rings. The topological polar surface area (TPSA) is 135 Å². The number of carboxylic acid groups (broad SMARTS) is 1. The Morgan fingerprint density at radius 1 is 1.48 bits per heavy atom. The number of methoxy groups -OCH3 is 1. The van der Waals surface area contributed by atoms with Crippen LogP contribution in [0.4, 0.5) is 0 Å². The van der Waals surface area contributed by atoms with Gasteiger partial charge in [-0.1, -0.05) is 40.0 Å². The van der Waals surface area contributed by atoms with E-state index in [-0.39, 0.29) is 35.3 Å². The fraction of sp³-hybridized carbons (Fsp3) is 0.462. The van der Waals surface area contributed by atoms with Gasteiger partial charge < -0.3 is 19.7 Å². The lowest BCUT2D eigenvalue weighted by atomic mass is 10.0. The lowest BCUT2D eigenvalue weighted by Crippen LogP contribution is -2.70. The highest BCUT2D eigenvalue weighted by molar-refractivity contribution is 8.00. The third-order valence-corrected chi connectivity index (χ3v) is 5.47. The zero-order valence-electron chi connectivity index (χ0n) is 13.4. The van der Waals surface area contributed by atoms with Gasteiger partial charge in [0.15, 0.2) is 11.5 Å². The van der Waals surface area contributed by atoms with Crippen molar-refractivity contribution in [1.82, 2.24) is 20.4 Å². The number of aromatic nitrogens is 2. The van der Waals surface area contributed by atoms with E-state index < -0.39 is 33.0 Å². The molecule has 1 saturated heterocycles. The predicted molar refractivity (Wildman–Crippen MR) is 93.9 cm³/mol. The van der Waals surface area contributed by atoms with Crippen molar-refractivity contribution < 1.29 is 28.8 Å². The monoisotopic (exact) mass is 456 g/mol. The first kappa shape index (κ1) is 20.1. The van der Waals surface area contributed by atoms with Gasteiger partial charge in [-0.15, -0.1) is 11.8 Å². The third-order valence-electron chi connectivity index (χ3n) is 3.73. The molecule has 0 aromatic carbocycles. The maximum Gasteiger partial charge on any atom is 0.356 e. The van der Waals surface area contributed by atoms with Gasteiger partial charge in [-0.3, -0.25) is 14.5 Å². The number of nitrogens with zero attached hydrogens (tertiary/aromatic N) is 3. The van der Waals surface area contributed by atoms with Crippen LogP contribution >= 0.6 is 46.6 Å². The smallest absolute Gasteiger partial charge is 0.356 e. The second kappa shape index (κ2) is 7.38. The van der Waals surface area contributed by atoms with Crippen molar-refractivity contribution in [1.29, 1.82) is 0 Å². The minimum Gasteiger partial charge on any atom is -0.498 e. The van der Waals surface area contributed by atoms with E-state index in [1.54, 1.807) is 0 Å². The van der Waals surface area contributed by atoms with Crippen molar-refractivity contribution in [3.05, 3.63) is 23.2 Å². The maximum absolute atomic E-state index is 12.3. The SMILES string of the molecule is COC1=C(C(=O)O)N2C(=O)[C@@H](NC(=O)Cc3noc(C(Cl)(Cl)Cl)n3)[C@H]2SC1. The Balaban J connectivity index is 1.65. The molecule has 0 unspecified atom stereocenters. The number of carboxylic acids is 1. The van der Waals surface area contributed by atoms with E-state index in [1.807, 2.05) is 0 Å². The summed E-state index contributed by atoms with van der Waals surface area (Å²) < 4.78 is 7.86. The van der Waals surface area contributed by atoms with Crippen LogP contribution in [-0.2, 0) is 29.3 Å². The number of ether oxygens (including phenoxy) is 1. The number of aliphatic carboxylic acids is 1. The van der Waals surface area contributed by atoms with E-state index in [4.69, 9.17) is 44.1 Å². The van der Waals surface area contributed by atoms with Crippen LogP contribution in [-0.4, -0.2) is 62.2 Å². The van der Waals surface area contributed by atoms with Gasteiger partial charge in [-0.05, 0) is 0 Å². The molecule has 1 fully saturated rings. The number of alkyl halides is 3. The van der Waals surface area contributed by atoms with Crippen molar-refractivity contribution in [2.45, 2.75) is 21.6 Å². The normalized spacial score (nSPS) is 22.2. The average molecular weight is 458 g/mol. The first-order valence-electron chi connectivity index (χ1n) is 7.27. The van der Waals surface area contributed by atoms with Gasteiger partial charge in [0.1, 0.15) is 17.2 Å². The number of hydrogen-bond donors (Lipinski definition) is 2. The maximum atomic E-state index is 12.3. The molecule has 14 heteroatoms. The summed E-state index contributed by atoms with van der Waals surface area (Å²) in [5.41, 5.74) is -0.220. The Kier molecular flexibility index (Phi) is 5.48. The van der Waals surface area contributed by atoms with Gasteiger partial charge in [-0.2, -0.15) is 4.98 Å². The average Bonchev–Trinajstić information content (AvgIpc) is 3.06. The zero-order chi connectivity index (χ0) is 19.9. The second-order valence-electron chi connectivity index (χ2n) is 5.43. The summed E-state index contributed by atoms with van der Waals surface area (Å²) in [5, 5.41) is 14.8. The molecular formula is C13H11Cl3N4O6S. The molecule has 0 bridgehead atoms. The third kappa shape index (κ3) is 3.82.